The number of hydrogen-bond acceptors (Lipinski definition) is 8. The van der Waals surface area contributed by atoms with E-state index in [2.05, 4.69) is 5.16 Å². The maximum atomic E-state index is 12.9. The predicted octanol–water partition coefficient (Wildman–Crippen LogP) is 1.37. The standard InChI is InChI=1S/C17H20N2O7S/c1-12-9-14(18-26-12)11-25-17(20)13-3-4-15(23-2)16(10-13)27(21,22)19-5-7-24-8-6-19/h3-4,9-10H,5-8,11H2,1-2H3. The number of aromatic nitrogens is 1. The van der Waals surface area contributed by atoms with Crippen LogP contribution in [0, 0.1) is 6.92 Å². The van der Waals surface area contributed by atoms with E-state index in [4.69, 9.17) is 18.7 Å². The lowest BCUT2D eigenvalue weighted by Gasteiger charge is -2.26. The number of rotatable bonds is 6. The van der Waals surface area contributed by atoms with Crippen LogP contribution in [-0.4, -0.2) is 57.3 Å². The van der Waals surface area contributed by atoms with Crippen LogP contribution < -0.4 is 4.74 Å². The fraction of sp³-hybridized carbons (Fsp3) is 0.412. The minimum atomic E-state index is -3.83. The Hall–Kier alpha value is -2.43. The lowest BCUT2D eigenvalue weighted by molar-refractivity contribution is 0.0464. The topological polar surface area (TPSA) is 108 Å². The zero-order valence-corrected chi connectivity index (χ0v) is 15.8. The number of benzene rings is 1. The van der Waals surface area contributed by atoms with Gasteiger partial charge >= 0.3 is 5.97 Å². The molecule has 1 aliphatic heterocycles. The van der Waals surface area contributed by atoms with Crippen molar-refractivity contribution in [3.8, 4) is 5.75 Å². The molecule has 0 aliphatic carbocycles. The zero-order chi connectivity index (χ0) is 19.4. The van der Waals surface area contributed by atoms with E-state index in [1.165, 1.54) is 29.6 Å². The minimum absolute atomic E-state index is 0.0756. The fourth-order valence-corrected chi connectivity index (χ4v) is 4.23. The molecule has 10 heteroatoms. The first-order valence-corrected chi connectivity index (χ1v) is 9.71. The second-order valence-electron chi connectivity index (χ2n) is 5.89. The summed E-state index contributed by atoms with van der Waals surface area (Å²) < 4.78 is 47.7. The third kappa shape index (κ3) is 4.29. The van der Waals surface area contributed by atoms with Gasteiger partial charge in [-0.2, -0.15) is 4.31 Å². The number of carbonyl (C=O) groups is 1. The van der Waals surface area contributed by atoms with Gasteiger partial charge in [-0.3, -0.25) is 0 Å². The normalized spacial score (nSPS) is 15.5. The van der Waals surface area contributed by atoms with Gasteiger partial charge in [0.25, 0.3) is 0 Å². The van der Waals surface area contributed by atoms with Crippen LogP contribution in [0.5, 0.6) is 5.75 Å². The first kappa shape index (κ1) is 19.3. The van der Waals surface area contributed by atoms with E-state index in [9.17, 15) is 13.2 Å². The lowest BCUT2D eigenvalue weighted by atomic mass is 10.2. The van der Waals surface area contributed by atoms with Crippen LogP contribution in [0.1, 0.15) is 21.8 Å². The number of methoxy groups -OCH3 is 1. The highest BCUT2D eigenvalue weighted by atomic mass is 32.2. The molecule has 1 aromatic heterocycles. The third-order valence-corrected chi connectivity index (χ3v) is 5.93. The maximum absolute atomic E-state index is 12.9. The second kappa shape index (κ2) is 8.07. The molecule has 0 N–H and O–H groups in total. The average molecular weight is 396 g/mol. The molecule has 0 bridgehead atoms. The number of ether oxygens (including phenoxy) is 3. The molecule has 0 spiro atoms. The second-order valence-corrected chi connectivity index (χ2v) is 7.79. The van der Waals surface area contributed by atoms with Gasteiger partial charge in [0.1, 0.15) is 28.7 Å². The molecule has 0 radical (unpaired) electrons. The Morgan fingerprint density at radius 3 is 2.63 bits per heavy atom. The van der Waals surface area contributed by atoms with Crippen LogP contribution >= 0.6 is 0 Å². The van der Waals surface area contributed by atoms with Crippen LogP contribution in [-0.2, 0) is 26.1 Å². The summed E-state index contributed by atoms with van der Waals surface area (Å²) in [5, 5.41) is 3.74. The first-order chi connectivity index (χ1) is 12.9. The molecule has 0 amide bonds. The van der Waals surface area contributed by atoms with Crippen molar-refractivity contribution in [2.75, 3.05) is 33.4 Å². The Labute approximate surface area is 156 Å². The summed E-state index contributed by atoms with van der Waals surface area (Å²) in [6.07, 6.45) is 0. The Morgan fingerprint density at radius 1 is 1.26 bits per heavy atom. The molecule has 146 valence electrons. The van der Waals surface area contributed by atoms with E-state index >= 15 is 0 Å². The van der Waals surface area contributed by atoms with Gasteiger partial charge < -0.3 is 18.7 Å². The molecule has 0 atom stereocenters. The van der Waals surface area contributed by atoms with Crippen LogP contribution in [0.2, 0.25) is 0 Å². The van der Waals surface area contributed by atoms with Gasteiger partial charge in [0.2, 0.25) is 10.0 Å². The van der Waals surface area contributed by atoms with E-state index in [1.54, 1.807) is 13.0 Å². The highest BCUT2D eigenvalue weighted by Gasteiger charge is 2.30. The monoisotopic (exact) mass is 396 g/mol. The Kier molecular flexibility index (Phi) is 5.78. The van der Waals surface area contributed by atoms with Crippen molar-refractivity contribution < 1.29 is 31.9 Å². The largest absolute Gasteiger partial charge is 0.495 e. The van der Waals surface area contributed by atoms with Crippen molar-refractivity contribution >= 4 is 16.0 Å². The van der Waals surface area contributed by atoms with Gasteiger partial charge in [-0.1, -0.05) is 5.16 Å². The van der Waals surface area contributed by atoms with E-state index in [1.807, 2.05) is 0 Å². The maximum Gasteiger partial charge on any atom is 0.338 e. The highest BCUT2D eigenvalue weighted by molar-refractivity contribution is 7.89. The summed E-state index contributed by atoms with van der Waals surface area (Å²) in [5.41, 5.74) is 0.568. The van der Waals surface area contributed by atoms with Crippen molar-refractivity contribution in [3.05, 3.63) is 41.3 Å². The van der Waals surface area contributed by atoms with Crippen molar-refractivity contribution in [3.63, 3.8) is 0 Å². The molecule has 3 rings (SSSR count). The molecule has 0 unspecified atom stereocenters. The molecule has 2 aromatic rings. The predicted molar refractivity (Wildman–Crippen MR) is 92.9 cm³/mol. The average Bonchev–Trinajstić information content (AvgIpc) is 3.11. The first-order valence-electron chi connectivity index (χ1n) is 8.27. The number of morpholine rings is 1. The number of aryl methyl sites for hydroxylation is 1. The van der Waals surface area contributed by atoms with E-state index in [-0.39, 0.29) is 35.9 Å². The van der Waals surface area contributed by atoms with Crippen molar-refractivity contribution in [1.29, 1.82) is 0 Å². The molecule has 1 fully saturated rings. The van der Waals surface area contributed by atoms with Gasteiger partial charge in [0.15, 0.2) is 0 Å². The molecular weight excluding hydrogens is 376 g/mol. The van der Waals surface area contributed by atoms with Crippen molar-refractivity contribution in [2.24, 2.45) is 0 Å². The van der Waals surface area contributed by atoms with Gasteiger partial charge in [-0.25, -0.2) is 13.2 Å². The van der Waals surface area contributed by atoms with Gasteiger partial charge in [0.05, 0.1) is 25.9 Å². The molecule has 0 saturated carbocycles. The summed E-state index contributed by atoms with van der Waals surface area (Å²) >= 11 is 0. The van der Waals surface area contributed by atoms with Crippen molar-refractivity contribution in [1.82, 2.24) is 9.46 Å². The van der Waals surface area contributed by atoms with Crippen LogP contribution in [0.15, 0.2) is 33.7 Å². The Morgan fingerprint density at radius 2 is 2.00 bits per heavy atom. The van der Waals surface area contributed by atoms with Crippen LogP contribution in [0.3, 0.4) is 0 Å². The van der Waals surface area contributed by atoms with Crippen molar-refractivity contribution in [2.45, 2.75) is 18.4 Å². The summed E-state index contributed by atoms with van der Waals surface area (Å²) in [4.78, 5) is 12.2. The number of sulfonamides is 1. The number of hydrogen-bond donors (Lipinski definition) is 0. The lowest BCUT2D eigenvalue weighted by Crippen LogP contribution is -2.40. The smallest absolute Gasteiger partial charge is 0.338 e. The minimum Gasteiger partial charge on any atom is -0.495 e. The van der Waals surface area contributed by atoms with Crippen LogP contribution in [0.25, 0.3) is 0 Å². The SMILES string of the molecule is COc1ccc(C(=O)OCc2cc(C)on2)cc1S(=O)(=O)N1CCOCC1. The molecule has 2 heterocycles. The molecule has 27 heavy (non-hydrogen) atoms. The molecule has 9 nitrogen and oxygen atoms in total. The third-order valence-electron chi connectivity index (χ3n) is 4.02. The highest BCUT2D eigenvalue weighted by Crippen LogP contribution is 2.28. The van der Waals surface area contributed by atoms with Gasteiger partial charge in [-0.15, -0.1) is 0 Å². The summed E-state index contributed by atoms with van der Waals surface area (Å²) in [5.74, 6) is 0.0892. The summed E-state index contributed by atoms with van der Waals surface area (Å²) in [6, 6.07) is 5.80. The Bertz CT molecular complexity index is 917. The Balaban J connectivity index is 1.83. The van der Waals surface area contributed by atoms with Gasteiger partial charge in [-0.05, 0) is 25.1 Å². The number of esters is 1. The molecule has 1 aliphatic rings. The summed E-state index contributed by atoms with van der Waals surface area (Å²) in [7, 11) is -2.46. The zero-order valence-electron chi connectivity index (χ0n) is 15.0. The molecule has 1 aromatic carbocycles. The van der Waals surface area contributed by atoms with E-state index in [0.717, 1.165) is 0 Å². The van der Waals surface area contributed by atoms with E-state index in [0.29, 0.717) is 24.7 Å². The fourth-order valence-electron chi connectivity index (χ4n) is 2.64. The molecule has 1 saturated heterocycles. The quantitative estimate of drug-likeness (QED) is 0.674. The molecular formula is C17H20N2O7S. The number of nitrogens with zero attached hydrogens (tertiary/aromatic N) is 2. The van der Waals surface area contributed by atoms with Crippen LogP contribution in [0.4, 0.5) is 0 Å². The van der Waals surface area contributed by atoms with E-state index < -0.39 is 16.0 Å². The number of carbonyl (C=O) groups excluding carboxylic acids is 1. The van der Waals surface area contributed by atoms with Gasteiger partial charge in [0, 0.05) is 19.2 Å². The summed E-state index contributed by atoms with van der Waals surface area (Å²) in [6.45, 7) is 2.77.